The van der Waals surface area contributed by atoms with Gasteiger partial charge in [0.2, 0.25) is 0 Å². The quantitative estimate of drug-likeness (QED) is 0.791. The number of rotatable bonds is 3. The number of halogens is 2. The lowest BCUT2D eigenvalue weighted by molar-refractivity contribution is 0.516. The van der Waals surface area contributed by atoms with Crippen LogP contribution in [0.15, 0.2) is 24.3 Å². The first-order valence-electron chi connectivity index (χ1n) is 5.27. The maximum atomic E-state index is 13.1. The Labute approximate surface area is 103 Å². The molecule has 0 bridgehead atoms. The second-order valence-corrected chi connectivity index (χ2v) is 4.48. The van der Waals surface area contributed by atoms with Crippen LogP contribution in [0.25, 0.3) is 0 Å². The first-order valence-corrected chi connectivity index (χ1v) is 5.70. The van der Waals surface area contributed by atoms with Crippen LogP contribution in [0.5, 0.6) is 0 Å². The smallest absolute Gasteiger partial charge is 0.169 e. The van der Waals surface area contributed by atoms with Crippen molar-refractivity contribution in [2.45, 2.75) is 25.3 Å². The third-order valence-electron chi connectivity index (χ3n) is 2.57. The van der Waals surface area contributed by atoms with Gasteiger partial charge in [-0.25, -0.2) is 9.07 Å². The largest absolute Gasteiger partial charge is 0.221 e. The molecule has 2 unspecified atom stereocenters. The molecule has 0 saturated carbocycles. The molecule has 90 valence electrons. The van der Waals surface area contributed by atoms with Gasteiger partial charge in [0.15, 0.2) is 5.82 Å². The van der Waals surface area contributed by atoms with Gasteiger partial charge in [0.25, 0.3) is 0 Å². The van der Waals surface area contributed by atoms with Crippen molar-refractivity contribution in [2.24, 2.45) is 0 Å². The molecular formula is C11H12ClFN4. The van der Waals surface area contributed by atoms with Gasteiger partial charge in [-0.3, -0.25) is 0 Å². The van der Waals surface area contributed by atoms with Crippen LogP contribution >= 0.6 is 11.6 Å². The minimum Gasteiger partial charge on any atom is -0.221 e. The fraction of sp³-hybridized carbons (Fsp3) is 0.364. The molecule has 6 heteroatoms. The molecule has 0 aliphatic heterocycles. The van der Waals surface area contributed by atoms with Crippen LogP contribution in [0.3, 0.4) is 0 Å². The number of benzene rings is 1. The molecule has 2 rings (SSSR count). The topological polar surface area (TPSA) is 43.6 Å². The zero-order valence-corrected chi connectivity index (χ0v) is 10.3. The predicted octanol–water partition coefficient (Wildman–Crippen LogP) is 2.72. The Morgan fingerprint density at radius 1 is 1.35 bits per heavy atom. The van der Waals surface area contributed by atoms with Crippen molar-refractivity contribution in [3.63, 3.8) is 0 Å². The second kappa shape index (κ2) is 4.79. The minimum atomic E-state index is -0.291. The van der Waals surface area contributed by atoms with Crippen LogP contribution in [0.4, 0.5) is 4.39 Å². The molecule has 17 heavy (non-hydrogen) atoms. The van der Waals surface area contributed by atoms with Crippen LogP contribution in [-0.4, -0.2) is 20.2 Å². The molecule has 1 aromatic heterocycles. The lowest BCUT2D eigenvalue weighted by Crippen LogP contribution is -2.13. The summed E-state index contributed by atoms with van der Waals surface area (Å²) in [5.41, 5.74) is 0.802. The van der Waals surface area contributed by atoms with E-state index in [0.29, 0.717) is 5.82 Å². The Hall–Kier alpha value is -1.49. The Morgan fingerprint density at radius 2 is 2.12 bits per heavy atom. The summed E-state index contributed by atoms with van der Waals surface area (Å²) in [6.07, 6.45) is 0. The van der Waals surface area contributed by atoms with Gasteiger partial charge in [-0.1, -0.05) is 12.1 Å². The summed E-state index contributed by atoms with van der Waals surface area (Å²) in [6, 6.07) is 6.21. The summed E-state index contributed by atoms with van der Waals surface area (Å²) in [5, 5.41) is 11.1. The molecule has 1 heterocycles. The fourth-order valence-electron chi connectivity index (χ4n) is 1.65. The summed E-state index contributed by atoms with van der Waals surface area (Å²) < 4.78 is 14.7. The number of tetrazole rings is 1. The van der Waals surface area contributed by atoms with E-state index in [-0.39, 0.29) is 17.2 Å². The van der Waals surface area contributed by atoms with E-state index in [1.165, 1.54) is 12.1 Å². The van der Waals surface area contributed by atoms with Crippen molar-refractivity contribution in [1.82, 2.24) is 20.2 Å². The van der Waals surface area contributed by atoms with Crippen molar-refractivity contribution >= 4 is 11.6 Å². The molecular weight excluding hydrogens is 243 g/mol. The maximum absolute atomic E-state index is 13.1. The van der Waals surface area contributed by atoms with E-state index in [4.69, 9.17) is 11.6 Å². The van der Waals surface area contributed by atoms with Crippen molar-refractivity contribution < 1.29 is 4.39 Å². The standard InChI is InChI=1S/C11H12ClFN4/c1-7(12)11-14-15-16-17(11)8(2)9-4-3-5-10(13)6-9/h3-8H,1-2H3. The lowest BCUT2D eigenvalue weighted by Gasteiger charge is -2.14. The van der Waals surface area contributed by atoms with Gasteiger partial charge >= 0.3 is 0 Å². The van der Waals surface area contributed by atoms with Crippen LogP contribution in [-0.2, 0) is 0 Å². The highest BCUT2D eigenvalue weighted by atomic mass is 35.5. The molecule has 0 saturated heterocycles. The van der Waals surface area contributed by atoms with E-state index in [1.807, 2.05) is 13.0 Å². The Bertz CT molecular complexity index is 512. The molecule has 0 amide bonds. The SMILES string of the molecule is CC(Cl)c1nnnn1C(C)c1cccc(F)c1. The Balaban J connectivity index is 2.37. The van der Waals surface area contributed by atoms with Gasteiger partial charge in [0, 0.05) is 0 Å². The highest BCUT2D eigenvalue weighted by Crippen LogP contribution is 2.23. The summed E-state index contributed by atoms with van der Waals surface area (Å²) in [4.78, 5) is 0. The van der Waals surface area contributed by atoms with Crippen molar-refractivity contribution in [1.29, 1.82) is 0 Å². The van der Waals surface area contributed by atoms with E-state index >= 15 is 0 Å². The molecule has 1 aromatic carbocycles. The first kappa shape index (κ1) is 12.0. The lowest BCUT2D eigenvalue weighted by atomic mass is 10.1. The fourth-order valence-corrected chi connectivity index (χ4v) is 1.79. The maximum Gasteiger partial charge on any atom is 0.169 e. The molecule has 0 aliphatic carbocycles. The van der Waals surface area contributed by atoms with Crippen LogP contribution < -0.4 is 0 Å². The average molecular weight is 255 g/mol. The molecule has 0 radical (unpaired) electrons. The molecule has 0 N–H and O–H groups in total. The zero-order valence-electron chi connectivity index (χ0n) is 9.51. The Morgan fingerprint density at radius 3 is 2.76 bits per heavy atom. The zero-order chi connectivity index (χ0) is 12.4. The minimum absolute atomic E-state index is 0.156. The second-order valence-electron chi connectivity index (χ2n) is 3.83. The van der Waals surface area contributed by atoms with E-state index in [1.54, 1.807) is 17.7 Å². The third kappa shape index (κ3) is 2.44. The van der Waals surface area contributed by atoms with Gasteiger partial charge < -0.3 is 0 Å². The van der Waals surface area contributed by atoms with Crippen molar-refractivity contribution in [3.05, 3.63) is 41.5 Å². The molecule has 2 atom stereocenters. The van der Waals surface area contributed by atoms with Gasteiger partial charge in [-0.15, -0.1) is 16.7 Å². The molecule has 0 fully saturated rings. The van der Waals surface area contributed by atoms with E-state index in [0.717, 1.165) is 5.56 Å². The average Bonchev–Trinajstić information content (AvgIpc) is 2.77. The molecule has 4 nitrogen and oxygen atoms in total. The summed E-state index contributed by atoms with van der Waals surface area (Å²) in [7, 11) is 0. The molecule has 2 aromatic rings. The highest BCUT2D eigenvalue weighted by molar-refractivity contribution is 6.20. The first-order chi connectivity index (χ1) is 8.09. The van der Waals surface area contributed by atoms with Gasteiger partial charge in [0.1, 0.15) is 5.82 Å². The molecule has 0 spiro atoms. The van der Waals surface area contributed by atoms with E-state index in [2.05, 4.69) is 15.5 Å². The molecule has 0 aliphatic rings. The highest BCUT2D eigenvalue weighted by Gasteiger charge is 2.18. The van der Waals surface area contributed by atoms with E-state index in [9.17, 15) is 4.39 Å². The predicted molar refractivity (Wildman–Crippen MR) is 62.3 cm³/mol. The summed E-state index contributed by atoms with van der Waals surface area (Å²) >= 11 is 5.98. The Kier molecular flexibility index (Phi) is 3.38. The summed E-state index contributed by atoms with van der Waals surface area (Å²) in [5.74, 6) is 0.298. The number of alkyl halides is 1. The van der Waals surface area contributed by atoms with Gasteiger partial charge in [-0.2, -0.15) is 0 Å². The van der Waals surface area contributed by atoms with Crippen LogP contribution in [0.2, 0.25) is 0 Å². The van der Waals surface area contributed by atoms with E-state index < -0.39 is 0 Å². The third-order valence-corrected chi connectivity index (χ3v) is 2.77. The number of hydrogen-bond acceptors (Lipinski definition) is 3. The normalized spacial score (nSPS) is 14.6. The van der Waals surface area contributed by atoms with Gasteiger partial charge in [0.05, 0.1) is 11.4 Å². The van der Waals surface area contributed by atoms with Gasteiger partial charge in [-0.05, 0) is 42.0 Å². The monoisotopic (exact) mass is 254 g/mol. The number of hydrogen-bond donors (Lipinski definition) is 0. The van der Waals surface area contributed by atoms with Crippen molar-refractivity contribution in [3.8, 4) is 0 Å². The number of nitrogens with zero attached hydrogens (tertiary/aromatic N) is 4. The van der Waals surface area contributed by atoms with Crippen molar-refractivity contribution in [2.75, 3.05) is 0 Å². The number of aromatic nitrogens is 4. The van der Waals surface area contributed by atoms with Crippen LogP contribution in [0.1, 0.15) is 36.7 Å². The van der Waals surface area contributed by atoms with Crippen LogP contribution in [0, 0.1) is 5.82 Å². The summed E-state index contributed by atoms with van der Waals surface area (Å²) in [6.45, 7) is 3.69.